The van der Waals surface area contributed by atoms with Crippen LogP contribution in [0.3, 0.4) is 0 Å². The van der Waals surface area contributed by atoms with E-state index < -0.39 is 29.3 Å². The van der Waals surface area contributed by atoms with Crippen molar-refractivity contribution in [1.29, 1.82) is 0 Å². The van der Waals surface area contributed by atoms with Crippen molar-refractivity contribution in [3.8, 4) is 5.75 Å². The van der Waals surface area contributed by atoms with Crippen molar-refractivity contribution >= 4 is 17.7 Å². The first-order chi connectivity index (χ1) is 11.6. The van der Waals surface area contributed by atoms with Crippen LogP contribution in [-0.4, -0.2) is 30.5 Å². The van der Waals surface area contributed by atoms with Gasteiger partial charge in [-0.25, -0.2) is 4.79 Å². The van der Waals surface area contributed by atoms with Gasteiger partial charge in [0.05, 0.1) is 11.5 Å². The lowest BCUT2D eigenvalue weighted by Gasteiger charge is -2.30. The maximum absolute atomic E-state index is 13.4. The second-order valence-electron chi connectivity index (χ2n) is 7.62. The van der Waals surface area contributed by atoms with E-state index in [1.165, 1.54) is 18.2 Å². The van der Waals surface area contributed by atoms with Crippen LogP contribution >= 0.6 is 11.6 Å². The molecule has 0 saturated carbocycles. The average molecular weight is 396 g/mol. The molecule has 1 N–H and O–H groups in total. The molecule has 1 rings (SSSR count). The minimum atomic E-state index is -4.48. The Hall–Kier alpha value is -1.63. The summed E-state index contributed by atoms with van der Waals surface area (Å²) in [6.07, 6.45) is -5.10. The van der Waals surface area contributed by atoms with Gasteiger partial charge in [-0.2, -0.15) is 13.2 Å². The van der Waals surface area contributed by atoms with E-state index in [-0.39, 0.29) is 22.9 Å². The molecule has 8 heteroatoms. The molecule has 0 aliphatic rings. The number of halogens is 4. The van der Waals surface area contributed by atoms with E-state index in [4.69, 9.17) is 21.1 Å². The summed E-state index contributed by atoms with van der Waals surface area (Å²) in [6.45, 7) is 8.95. The second kappa shape index (κ2) is 7.94. The van der Waals surface area contributed by atoms with Crippen LogP contribution < -0.4 is 10.1 Å². The molecule has 26 heavy (non-hydrogen) atoms. The number of nitrogens with one attached hydrogen (secondary N) is 1. The van der Waals surface area contributed by atoms with Gasteiger partial charge >= 0.3 is 12.3 Å². The Morgan fingerprint density at radius 1 is 1.19 bits per heavy atom. The van der Waals surface area contributed by atoms with Crippen LogP contribution in [0.25, 0.3) is 0 Å². The Labute approximate surface area is 157 Å². The SMILES string of the molecule is CC(COc1ccc(Cl)cc1C(C)(C)C(F)(F)F)NC(=O)OC(C)(C)C. The van der Waals surface area contributed by atoms with Crippen LogP contribution in [0.2, 0.25) is 5.02 Å². The molecule has 4 nitrogen and oxygen atoms in total. The third-order valence-electron chi connectivity index (χ3n) is 3.58. The van der Waals surface area contributed by atoms with Crippen LogP contribution in [0.15, 0.2) is 18.2 Å². The molecule has 1 aromatic carbocycles. The molecule has 0 saturated heterocycles. The molecule has 1 unspecified atom stereocenters. The highest BCUT2D eigenvalue weighted by Gasteiger charge is 2.50. The number of amides is 1. The van der Waals surface area contributed by atoms with E-state index in [0.717, 1.165) is 13.8 Å². The molecule has 0 heterocycles. The molecule has 0 bridgehead atoms. The summed E-state index contributed by atoms with van der Waals surface area (Å²) < 4.78 is 50.8. The average Bonchev–Trinajstić information content (AvgIpc) is 2.42. The van der Waals surface area contributed by atoms with Gasteiger partial charge in [0.1, 0.15) is 18.0 Å². The normalized spacial score (nSPS) is 13.9. The van der Waals surface area contributed by atoms with E-state index in [1.807, 2.05) is 0 Å². The molecule has 1 amide bonds. The van der Waals surface area contributed by atoms with Gasteiger partial charge in [0, 0.05) is 10.6 Å². The number of carbonyl (C=O) groups is 1. The Kier molecular flexibility index (Phi) is 6.85. The molecule has 0 aliphatic heterocycles. The summed E-state index contributed by atoms with van der Waals surface area (Å²) in [7, 11) is 0. The second-order valence-corrected chi connectivity index (χ2v) is 8.06. The smallest absolute Gasteiger partial charge is 0.407 e. The van der Waals surface area contributed by atoms with Crippen LogP contribution in [0, 0.1) is 0 Å². The molecule has 0 aliphatic carbocycles. The van der Waals surface area contributed by atoms with Crippen molar-refractivity contribution in [2.75, 3.05) is 6.61 Å². The number of alkyl carbamates (subject to hydrolysis) is 1. The molecule has 0 radical (unpaired) electrons. The summed E-state index contributed by atoms with van der Waals surface area (Å²) in [5.74, 6) is 0.0644. The van der Waals surface area contributed by atoms with Gasteiger partial charge in [-0.3, -0.25) is 0 Å². The predicted octanol–water partition coefficient (Wildman–Crippen LogP) is 5.47. The first kappa shape index (κ1) is 22.4. The zero-order valence-corrected chi connectivity index (χ0v) is 16.5. The fourth-order valence-corrected chi connectivity index (χ4v) is 2.21. The predicted molar refractivity (Wildman–Crippen MR) is 94.9 cm³/mol. The van der Waals surface area contributed by atoms with E-state index in [0.29, 0.717) is 0 Å². The molecular formula is C18H25ClF3NO3. The maximum Gasteiger partial charge on any atom is 0.407 e. The summed E-state index contributed by atoms with van der Waals surface area (Å²) >= 11 is 5.87. The van der Waals surface area contributed by atoms with Gasteiger partial charge in [0.2, 0.25) is 0 Å². The molecule has 1 atom stereocenters. The van der Waals surface area contributed by atoms with Crippen LogP contribution in [0.4, 0.5) is 18.0 Å². The number of carbonyl (C=O) groups excluding carboxylic acids is 1. The summed E-state index contributed by atoms with van der Waals surface area (Å²) in [5.41, 5.74) is -2.86. The van der Waals surface area contributed by atoms with Crippen molar-refractivity contribution in [2.45, 2.75) is 64.8 Å². The molecular weight excluding hydrogens is 371 g/mol. The number of alkyl halides is 3. The minimum absolute atomic E-state index is 0.0260. The lowest BCUT2D eigenvalue weighted by atomic mass is 9.83. The fraction of sp³-hybridized carbons (Fsp3) is 0.611. The van der Waals surface area contributed by atoms with Gasteiger partial charge in [0.25, 0.3) is 0 Å². The topological polar surface area (TPSA) is 47.6 Å². The fourth-order valence-electron chi connectivity index (χ4n) is 2.03. The van der Waals surface area contributed by atoms with Gasteiger partial charge in [0.15, 0.2) is 0 Å². The molecule has 0 spiro atoms. The third-order valence-corrected chi connectivity index (χ3v) is 3.81. The largest absolute Gasteiger partial charge is 0.491 e. The molecule has 1 aromatic rings. The maximum atomic E-state index is 13.4. The molecule has 0 fully saturated rings. The molecule has 148 valence electrons. The van der Waals surface area contributed by atoms with E-state index >= 15 is 0 Å². The Morgan fingerprint density at radius 3 is 2.27 bits per heavy atom. The highest BCUT2D eigenvalue weighted by atomic mass is 35.5. The van der Waals surface area contributed by atoms with Crippen molar-refractivity contribution in [2.24, 2.45) is 0 Å². The van der Waals surface area contributed by atoms with E-state index in [1.54, 1.807) is 27.7 Å². The van der Waals surface area contributed by atoms with Gasteiger partial charge in [-0.1, -0.05) is 11.6 Å². The third kappa shape index (κ3) is 6.27. The number of rotatable bonds is 5. The van der Waals surface area contributed by atoms with Gasteiger partial charge in [-0.15, -0.1) is 0 Å². The van der Waals surface area contributed by atoms with E-state index in [9.17, 15) is 18.0 Å². The van der Waals surface area contributed by atoms with Crippen molar-refractivity contribution in [3.63, 3.8) is 0 Å². The van der Waals surface area contributed by atoms with Crippen molar-refractivity contribution in [3.05, 3.63) is 28.8 Å². The summed E-state index contributed by atoms with van der Waals surface area (Å²) in [4.78, 5) is 11.7. The highest BCUT2D eigenvalue weighted by molar-refractivity contribution is 6.30. The quantitative estimate of drug-likeness (QED) is 0.718. The lowest BCUT2D eigenvalue weighted by Crippen LogP contribution is -2.41. The first-order valence-electron chi connectivity index (χ1n) is 8.12. The Balaban J connectivity index is 2.87. The minimum Gasteiger partial charge on any atom is -0.491 e. The summed E-state index contributed by atoms with van der Waals surface area (Å²) in [5, 5.41) is 2.76. The summed E-state index contributed by atoms with van der Waals surface area (Å²) in [6, 6.07) is 3.63. The van der Waals surface area contributed by atoms with Gasteiger partial charge < -0.3 is 14.8 Å². The highest BCUT2D eigenvalue weighted by Crippen LogP contribution is 2.44. The van der Waals surface area contributed by atoms with Crippen LogP contribution in [0.5, 0.6) is 5.75 Å². The Bertz CT molecular complexity index is 640. The van der Waals surface area contributed by atoms with Crippen molar-refractivity contribution < 1.29 is 27.4 Å². The zero-order valence-electron chi connectivity index (χ0n) is 15.8. The van der Waals surface area contributed by atoms with Crippen LogP contribution in [-0.2, 0) is 10.2 Å². The van der Waals surface area contributed by atoms with Crippen LogP contribution in [0.1, 0.15) is 47.1 Å². The lowest BCUT2D eigenvalue weighted by molar-refractivity contribution is -0.180. The standard InChI is InChI=1S/C18H25ClF3NO3/c1-11(23-15(24)26-16(2,3)4)10-25-14-8-7-12(19)9-13(14)17(5,6)18(20,21)22/h7-9,11H,10H2,1-6H3,(H,23,24). The molecule has 0 aromatic heterocycles. The van der Waals surface area contributed by atoms with Crippen molar-refractivity contribution in [1.82, 2.24) is 5.32 Å². The number of hydrogen-bond donors (Lipinski definition) is 1. The van der Waals surface area contributed by atoms with Gasteiger partial charge in [-0.05, 0) is 59.7 Å². The number of benzene rings is 1. The number of ether oxygens (including phenoxy) is 2. The zero-order chi connectivity index (χ0) is 20.3. The number of hydrogen-bond acceptors (Lipinski definition) is 3. The Morgan fingerprint density at radius 2 is 1.77 bits per heavy atom. The monoisotopic (exact) mass is 395 g/mol. The van der Waals surface area contributed by atoms with E-state index in [2.05, 4.69) is 5.32 Å². The first-order valence-corrected chi connectivity index (χ1v) is 8.50.